The molecule has 3 unspecified atom stereocenters. The predicted octanol–water partition coefficient (Wildman–Crippen LogP) is 3.52. The van der Waals surface area contributed by atoms with Crippen molar-refractivity contribution < 1.29 is 4.84 Å². The molecule has 16 heavy (non-hydrogen) atoms. The number of fused-ring (bicyclic) bond motifs is 2. The molecule has 0 aromatic rings. The Labute approximate surface area is 100 Å². The van der Waals surface area contributed by atoms with Gasteiger partial charge in [-0.25, -0.2) is 0 Å². The maximum Gasteiger partial charge on any atom is 0.0813 e. The third kappa shape index (κ3) is 1.70. The van der Waals surface area contributed by atoms with E-state index < -0.39 is 0 Å². The molecule has 0 aliphatic heterocycles. The average molecular weight is 225 g/mol. The summed E-state index contributed by atoms with van der Waals surface area (Å²) >= 11 is 0. The highest BCUT2D eigenvalue weighted by Crippen LogP contribution is 2.65. The van der Waals surface area contributed by atoms with Gasteiger partial charge in [0, 0.05) is 6.04 Å². The Hall–Kier alpha value is -0.0800. The molecule has 0 aromatic carbocycles. The van der Waals surface area contributed by atoms with Crippen LogP contribution in [-0.2, 0) is 4.84 Å². The largest absolute Gasteiger partial charge is 0.296 e. The van der Waals surface area contributed by atoms with Gasteiger partial charge in [-0.1, -0.05) is 20.8 Å². The fourth-order valence-corrected chi connectivity index (χ4v) is 3.63. The van der Waals surface area contributed by atoms with Crippen molar-refractivity contribution in [3.63, 3.8) is 0 Å². The molecule has 0 saturated heterocycles. The van der Waals surface area contributed by atoms with E-state index >= 15 is 0 Å². The first-order chi connectivity index (χ1) is 7.17. The molecule has 94 valence electrons. The van der Waals surface area contributed by atoms with Crippen molar-refractivity contribution in [2.45, 2.75) is 72.4 Å². The van der Waals surface area contributed by atoms with Gasteiger partial charge >= 0.3 is 0 Å². The summed E-state index contributed by atoms with van der Waals surface area (Å²) in [5.41, 5.74) is 4.12. The Morgan fingerprint density at radius 2 is 1.81 bits per heavy atom. The fourth-order valence-electron chi connectivity index (χ4n) is 3.63. The lowest BCUT2D eigenvalue weighted by atomic mass is 9.69. The van der Waals surface area contributed by atoms with E-state index in [-0.39, 0.29) is 5.60 Å². The molecule has 0 spiro atoms. The quantitative estimate of drug-likeness (QED) is 0.726. The lowest BCUT2D eigenvalue weighted by Crippen LogP contribution is -2.46. The predicted molar refractivity (Wildman–Crippen MR) is 67.0 cm³/mol. The van der Waals surface area contributed by atoms with E-state index in [0.29, 0.717) is 16.9 Å². The zero-order chi connectivity index (χ0) is 12.2. The van der Waals surface area contributed by atoms with Crippen LogP contribution in [0.1, 0.15) is 60.8 Å². The number of rotatable bonds is 2. The second-order valence-electron chi connectivity index (χ2n) is 7.50. The van der Waals surface area contributed by atoms with E-state index in [4.69, 9.17) is 4.84 Å². The molecular weight excluding hydrogens is 198 g/mol. The van der Waals surface area contributed by atoms with Crippen molar-refractivity contribution in [1.82, 2.24) is 5.48 Å². The van der Waals surface area contributed by atoms with Gasteiger partial charge in [0.1, 0.15) is 0 Å². The third-order valence-corrected chi connectivity index (χ3v) is 5.30. The second kappa shape index (κ2) is 3.46. The van der Waals surface area contributed by atoms with E-state index in [1.165, 1.54) is 19.3 Å². The van der Waals surface area contributed by atoms with Crippen molar-refractivity contribution in [2.75, 3.05) is 0 Å². The molecule has 2 aliphatic carbocycles. The summed E-state index contributed by atoms with van der Waals surface area (Å²) in [7, 11) is 0. The van der Waals surface area contributed by atoms with Crippen LogP contribution >= 0.6 is 0 Å². The summed E-state index contributed by atoms with van der Waals surface area (Å²) < 4.78 is 0. The Bertz CT molecular complexity index is 279. The third-order valence-electron chi connectivity index (χ3n) is 5.30. The van der Waals surface area contributed by atoms with Crippen LogP contribution in [0.2, 0.25) is 0 Å². The molecule has 2 saturated carbocycles. The van der Waals surface area contributed by atoms with Crippen LogP contribution in [0.15, 0.2) is 0 Å². The van der Waals surface area contributed by atoms with Crippen LogP contribution in [0.4, 0.5) is 0 Å². The lowest BCUT2D eigenvalue weighted by Gasteiger charge is -2.40. The van der Waals surface area contributed by atoms with Crippen LogP contribution in [0, 0.1) is 16.7 Å². The molecule has 3 atom stereocenters. The molecule has 0 amide bonds. The van der Waals surface area contributed by atoms with Gasteiger partial charge in [-0.05, 0) is 56.8 Å². The summed E-state index contributed by atoms with van der Waals surface area (Å²) in [4.78, 5) is 5.77. The standard InChI is InChI=1S/C14H27NO/c1-12(2,3)16-15-11-9-10-7-8-14(11,6)13(10,4)5/h10-11,15H,7-9H2,1-6H3. The number of hydrogen-bond acceptors (Lipinski definition) is 2. The first kappa shape index (κ1) is 12.4. The van der Waals surface area contributed by atoms with E-state index in [0.717, 1.165) is 5.92 Å². The minimum Gasteiger partial charge on any atom is -0.296 e. The minimum atomic E-state index is -0.0949. The van der Waals surface area contributed by atoms with Gasteiger partial charge in [0.2, 0.25) is 0 Å². The molecular formula is C14H27NO. The highest BCUT2D eigenvalue weighted by molar-refractivity contribution is 5.12. The van der Waals surface area contributed by atoms with E-state index in [9.17, 15) is 0 Å². The van der Waals surface area contributed by atoms with Crippen LogP contribution in [0.5, 0.6) is 0 Å². The molecule has 2 fully saturated rings. The summed E-state index contributed by atoms with van der Waals surface area (Å²) in [5, 5.41) is 0. The van der Waals surface area contributed by atoms with Crippen LogP contribution in [-0.4, -0.2) is 11.6 Å². The molecule has 0 heterocycles. The summed E-state index contributed by atoms with van der Waals surface area (Å²) in [6, 6.07) is 0.528. The van der Waals surface area contributed by atoms with Gasteiger partial charge in [-0.3, -0.25) is 4.84 Å². The number of hydroxylamine groups is 1. The number of nitrogens with one attached hydrogen (secondary N) is 1. The number of hydrogen-bond donors (Lipinski definition) is 1. The monoisotopic (exact) mass is 225 g/mol. The zero-order valence-electron chi connectivity index (χ0n) is 11.7. The van der Waals surface area contributed by atoms with Crippen molar-refractivity contribution >= 4 is 0 Å². The topological polar surface area (TPSA) is 21.3 Å². The van der Waals surface area contributed by atoms with Gasteiger partial charge in [-0.2, -0.15) is 5.48 Å². The molecule has 2 aliphatic rings. The van der Waals surface area contributed by atoms with Crippen molar-refractivity contribution in [3.8, 4) is 0 Å². The molecule has 1 N–H and O–H groups in total. The summed E-state index contributed by atoms with van der Waals surface area (Å²) in [6.45, 7) is 13.6. The molecule has 0 radical (unpaired) electrons. The van der Waals surface area contributed by atoms with Crippen molar-refractivity contribution in [1.29, 1.82) is 0 Å². The molecule has 2 rings (SSSR count). The van der Waals surface area contributed by atoms with E-state index in [1.807, 2.05) is 0 Å². The molecule has 0 aromatic heterocycles. The summed E-state index contributed by atoms with van der Waals surface area (Å²) in [5.74, 6) is 0.874. The van der Waals surface area contributed by atoms with Gasteiger partial charge in [0.05, 0.1) is 5.60 Å². The first-order valence-electron chi connectivity index (χ1n) is 6.60. The Morgan fingerprint density at radius 3 is 2.19 bits per heavy atom. The normalized spacial score (nSPS) is 41.6. The van der Waals surface area contributed by atoms with E-state index in [2.05, 4.69) is 47.0 Å². The maximum absolute atomic E-state index is 5.77. The van der Waals surface area contributed by atoms with Crippen LogP contribution in [0.3, 0.4) is 0 Å². The van der Waals surface area contributed by atoms with Crippen LogP contribution < -0.4 is 5.48 Å². The van der Waals surface area contributed by atoms with Gasteiger partial charge in [0.25, 0.3) is 0 Å². The maximum atomic E-state index is 5.77. The summed E-state index contributed by atoms with van der Waals surface area (Å²) in [6.07, 6.45) is 4.02. The minimum absolute atomic E-state index is 0.0949. The lowest BCUT2D eigenvalue weighted by molar-refractivity contribution is -0.109. The zero-order valence-corrected chi connectivity index (χ0v) is 11.7. The molecule has 2 nitrogen and oxygen atoms in total. The average Bonchev–Trinajstić information content (AvgIpc) is 2.45. The Balaban J connectivity index is 2.05. The first-order valence-corrected chi connectivity index (χ1v) is 6.60. The molecule has 2 heteroatoms. The van der Waals surface area contributed by atoms with Gasteiger partial charge in [-0.15, -0.1) is 0 Å². The smallest absolute Gasteiger partial charge is 0.0813 e. The SMILES string of the molecule is CC(C)(C)ONC1CC2CCC1(C)C2(C)C. The Morgan fingerprint density at radius 1 is 1.19 bits per heavy atom. The van der Waals surface area contributed by atoms with Gasteiger partial charge in [0.15, 0.2) is 0 Å². The highest BCUT2D eigenvalue weighted by atomic mass is 16.7. The Kier molecular flexibility index (Phi) is 2.67. The van der Waals surface area contributed by atoms with Crippen molar-refractivity contribution in [2.24, 2.45) is 16.7 Å². The van der Waals surface area contributed by atoms with Crippen LogP contribution in [0.25, 0.3) is 0 Å². The van der Waals surface area contributed by atoms with Crippen molar-refractivity contribution in [3.05, 3.63) is 0 Å². The second-order valence-corrected chi connectivity index (χ2v) is 7.50. The van der Waals surface area contributed by atoms with E-state index in [1.54, 1.807) is 0 Å². The highest BCUT2D eigenvalue weighted by Gasteiger charge is 2.61. The van der Waals surface area contributed by atoms with Gasteiger partial charge < -0.3 is 0 Å². The molecule has 2 bridgehead atoms. The fraction of sp³-hybridized carbons (Fsp3) is 1.00.